The first kappa shape index (κ1) is 21.0. The fourth-order valence-electron chi connectivity index (χ4n) is 4.42. The molecule has 5 heteroatoms. The van der Waals surface area contributed by atoms with Crippen molar-refractivity contribution >= 4 is 12.4 Å². The van der Waals surface area contributed by atoms with E-state index in [1.54, 1.807) is 0 Å². The van der Waals surface area contributed by atoms with Gasteiger partial charge in [0.2, 0.25) is 6.79 Å². The molecule has 4 rings (SSSR count). The van der Waals surface area contributed by atoms with Gasteiger partial charge in [0.1, 0.15) is 0 Å². The van der Waals surface area contributed by atoms with Crippen LogP contribution >= 0.6 is 12.4 Å². The molecule has 2 aliphatic heterocycles. The molecular formula is C23H31ClN2O2. The lowest BCUT2D eigenvalue weighted by Gasteiger charge is -2.37. The lowest BCUT2D eigenvalue weighted by molar-refractivity contribution is 0.137. The molecule has 1 saturated heterocycles. The summed E-state index contributed by atoms with van der Waals surface area (Å²) < 4.78 is 11.0. The molecule has 0 radical (unpaired) electrons. The number of aryl methyl sites for hydroxylation is 1. The Hall–Kier alpha value is -1.75. The third kappa shape index (κ3) is 5.19. The minimum absolute atomic E-state index is 0. The third-order valence-corrected chi connectivity index (χ3v) is 5.89. The molecule has 28 heavy (non-hydrogen) atoms. The summed E-state index contributed by atoms with van der Waals surface area (Å²) in [5.74, 6) is 2.47. The van der Waals surface area contributed by atoms with Crippen molar-refractivity contribution in [3.63, 3.8) is 0 Å². The van der Waals surface area contributed by atoms with E-state index < -0.39 is 0 Å². The third-order valence-electron chi connectivity index (χ3n) is 5.89. The Labute approximate surface area is 174 Å². The lowest BCUT2D eigenvalue weighted by Crippen LogP contribution is -2.44. The number of fused-ring (bicyclic) bond motifs is 1. The normalized spacial score (nSPS) is 19.3. The average molecular weight is 403 g/mol. The molecule has 2 aliphatic rings. The Morgan fingerprint density at radius 3 is 2.68 bits per heavy atom. The van der Waals surface area contributed by atoms with Gasteiger partial charge in [0.15, 0.2) is 11.5 Å². The fraction of sp³-hybridized carbons (Fsp3) is 0.478. The molecule has 2 aromatic rings. The Balaban J connectivity index is 0.00000225. The van der Waals surface area contributed by atoms with E-state index in [1.807, 2.05) is 6.07 Å². The summed E-state index contributed by atoms with van der Waals surface area (Å²) in [5.41, 5.74) is 2.72. The Bertz CT molecular complexity index is 735. The maximum atomic E-state index is 5.55. The first-order valence-electron chi connectivity index (χ1n) is 10.1. The first-order chi connectivity index (χ1) is 13.3. The van der Waals surface area contributed by atoms with Crippen LogP contribution in [0, 0.1) is 5.92 Å². The van der Waals surface area contributed by atoms with Gasteiger partial charge in [-0.2, -0.15) is 0 Å². The van der Waals surface area contributed by atoms with Crippen LogP contribution in [-0.2, 0) is 13.0 Å². The molecule has 0 saturated carbocycles. The highest BCUT2D eigenvalue weighted by atomic mass is 35.5. The number of piperidine rings is 1. The number of nitrogens with zero attached hydrogens (tertiary/aromatic N) is 1. The van der Waals surface area contributed by atoms with Gasteiger partial charge in [-0.05, 0) is 75.0 Å². The number of halogens is 1. The molecule has 4 nitrogen and oxygen atoms in total. The largest absolute Gasteiger partial charge is 0.454 e. The van der Waals surface area contributed by atoms with Crippen LogP contribution in [-0.4, -0.2) is 37.9 Å². The van der Waals surface area contributed by atoms with Crippen molar-refractivity contribution in [1.82, 2.24) is 10.2 Å². The second-order valence-corrected chi connectivity index (χ2v) is 7.80. The summed E-state index contributed by atoms with van der Waals surface area (Å²) >= 11 is 0. The summed E-state index contributed by atoms with van der Waals surface area (Å²) in [4.78, 5) is 2.56. The van der Waals surface area contributed by atoms with Gasteiger partial charge in [-0.1, -0.05) is 36.4 Å². The molecule has 2 atom stereocenters. The smallest absolute Gasteiger partial charge is 0.231 e. The van der Waals surface area contributed by atoms with Crippen molar-refractivity contribution < 1.29 is 9.47 Å². The number of nitrogens with one attached hydrogen (secondary N) is 1. The first-order valence-corrected chi connectivity index (χ1v) is 10.1. The van der Waals surface area contributed by atoms with Crippen LogP contribution in [0.5, 0.6) is 11.5 Å². The van der Waals surface area contributed by atoms with Crippen LogP contribution in [0.4, 0.5) is 0 Å². The standard InChI is InChI=1S/C23H30N2O2.ClH/c1-25(16-19-6-3-2-4-7-19)21(20-8-5-13-24-15-20)11-9-18-10-12-22-23(14-18)27-17-26-22;/h2-4,6-7,10,12,14,20-21,24H,5,8-9,11,13,15-17H2,1H3;1H. The minimum atomic E-state index is 0. The van der Waals surface area contributed by atoms with Crippen LogP contribution < -0.4 is 14.8 Å². The molecule has 0 aromatic heterocycles. The molecule has 0 spiro atoms. The fourth-order valence-corrected chi connectivity index (χ4v) is 4.42. The van der Waals surface area contributed by atoms with Crippen LogP contribution in [0.2, 0.25) is 0 Å². The Morgan fingerprint density at radius 2 is 1.89 bits per heavy atom. The van der Waals surface area contributed by atoms with Gasteiger partial charge in [0.25, 0.3) is 0 Å². The predicted octanol–water partition coefficient (Wildman–Crippen LogP) is 4.27. The quantitative estimate of drug-likeness (QED) is 0.749. The van der Waals surface area contributed by atoms with E-state index in [0.29, 0.717) is 18.8 Å². The van der Waals surface area contributed by atoms with Crippen molar-refractivity contribution in [1.29, 1.82) is 0 Å². The van der Waals surface area contributed by atoms with Gasteiger partial charge >= 0.3 is 0 Å². The van der Waals surface area contributed by atoms with E-state index in [2.05, 4.69) is 59.7 Å². The van der Waals surface area contributed by atoms with E-state index in [1.165, 1.54) is 24.0 Å². The number of hydrogen-bond donors (Lipinski definition) is 1. The second-order valence-electron chi connectivity index (χ2n) is 7.80. The molecule has 1 fully saturated rings. The zero-order chi connectivity index (χ0) is 18.5. The van der Waals surface area contributed by atoms with Crippen molar-refractivity contribution in [2.24, 2.45) is 5.92 Å². The molecule has 2 aromatic carbocycles. The summed E-state index contributed by atoms with van der Waals surface area (Å²) in [6, 6.07) is 17.8. The summed E-state index contributed by atoms with van der Waals surface area (Å²) in [6.07, 6.45) is 4.83. The van der Waals surface area contributed by atoms with Crippen molar-refractivity contribution in [3.8, 4) is 11.5 Å². The Morgan fingerprint density at radius 1 is 1.07 bits per heavy atom. The van der Waals surface area contributed by atoms with E-state index in [-0.39, 0.29) is 12.4 Å². The highest BCUT2D eigenvalue weighted by Crippen LogP contribution is 2.33. The van der Waals surface area contributed by atoms with Crippen molar-refractivity contribution in [2.75, 3.05) is 26.9 Å². The highest BCUT2D eigenvalue weighted by molar-refractivity contribution is 5.85. The molecule has 0 aliphatic carbocycles. The summed E-state index contributed by atoms with van der Waals surface area (Å²) in [6.45, 7) is 3.64. The molecule has 152 valence electrons. The molecular weight excluding hydrogens is 372 g/mol. The number of ether oxygens (including phenoxy) is 2. The number of hydrogen-bond acceptors (Lipinski definition) is 4. The van der Waals surface area contributed by atoms with Gasteiger partial charge in [-0.3, -0.25) is 4.90 Å². The minimum Gasteiger partial charge on any atom is -0.454 e. The van der Waals surface area contributed by atoms with E-state index in [4.69, 9.17) is 9.47 Å². The Kier molecular flexibility index (Phi) is 7.60. The zero-order valence-corrected chi connectivity index (χ0v) is 17.4. The maximum absolute atomic E-state index is 5.55. The second kappa shape index (κ2) is 10.1. The molecule has 1 N–H and O–H groups in total. The van der Waals surface area contributed by atoms with Crippen LogP contribution in [0.1, 0.15) is 30.4 Å². The van der Waals surface area contributed by atoms with E-state index >= 15 is 0 Å². The van der Waals surface area contributed by atoms with Gasteiger partial charge in [-0.15, -0.1) is 12.4 Å². The number of rotatable bonds is 7. The molecule has 2 heterocycles. The van der Waals surface area contributed by atoms with Gasteiger partial charge in [0, 0.05) is 12.6 Å². The maximum Gasteiger partial charge on any atom is 0.231 e. The number of benzene rings is 2. The van der Waals surface area contributed by atoms with E-state index in [0.717, 1.165) is 44.0 Å². The SMILES string of the molecule is CN(Cc1ccccc1)C(CCc1ccc2c(c1)OCO2)C1CCCNC1.Cl. The predicted molar refractivity (Wildman–Crippen MR) is 115 cm³/mol. The van der Waals surface area contributed by atoms with Crippen molar-refractivity contribution in [3.05, 3.63) is 59.7 Å². The average Bonchev–Trinajstić information content (AvgIpc) is 3.18. The topological polar surface area (TPSA) is 33.7 Å². The van der Waals surface area contributed by atoms with Crippen LogP contribution in [0.15, 0.2) is 48.5 Å². The van der Waals surface area contributed by atoms with Crippen LogP contribution in [0.3, 0.4) is 0 Å². The summed E-state index contributed by atoms with van der Waals surface area (Å²) in [5, 5.41) is 3.60. The van der Waals surface area contributed by atoms with Gasteiger partial charge in [-0.25, -0.2) is 0 Å². The zero-order valence-electron chi connectivity index (χ0n) is 16.6. The monoisotopic (exact) mass is 402 g/mol. The highest BCUT2D eigenvalue weighted by Gasteiger charge is 2.27. The molecule has 2 unspecified atom stereocenters. The van der Waals surface area contributed by atoms with E-state index in [9.17, 15) is 0 Å². The van der Waals surface area contributed by atoms with Crippen molar-refractivity contribution in [2.45, 2.75) is 38.3 Å². The molecule has 0 amide bonds. The van der Waals surface area contributed by atoms with Crippen LogP contribution in [0.25, 0.3) is 0 Å². The van der Waals surface area contributed by atoms with Gasteiger partial charge < -0.3 is 14.8 Å². The molecule has 0 bridgehead atoms. The summed E-state index contributed by atoms with van der Waals surface area (Å²) in [7, 11) is 2.28. The lowest BCUT2D eigenvalue weighted by atomic mass is 9.87. The van der Waals surface area contributed by atoms with Gasteiger partial charge in [0.05, 0.1) is 0 Å².